The summed E-state index contributed by atoms with van der Waals surface area (Å²) in [7, 11) is -0.0789. The first-order chi connectivity index (χ1) is 16.3. The lowest BCUT2D eigenvalue weighted by atomic mass is 10.2. The molecular formula is C24H24N2O7S. The molecule has 0 saturated carbocycles. The van der Waals surface area contributed by atoms with Crippen LogP contribution in [0.25, 0.3) is 0 Å². The molecular weight excluding hydrogens is 460 g/mol. The molecule has 1 N–H and O–H groups in total. The average molecular weight is 485 g/mol. The Balaban J connectivity index is 2.03. The van der Waals surface area contributed by atoms with E-state index in [0.29, 0.717) is 5.75 Å². The number of para-hydroxylation sites is 1. The molecule has 0 spiro atoms. The number of anilines is 2. The van der Waals surface area contributed by atoms with Gasteiger partial charge in [-0.25, -0.2) is 13.2 Å². The van der Waals surface area contributed by atoms with Gasteiger partial charge in [0.2, 0.25) is 5.91 Å². The number of carbonyl (C=O) groups excluding carboxylic acids is 2. The second-order valence-electron chi connectivity index (χ2n) is 6.95. The number of nitrogens with zero attached hydrogens (tertiary/aromatic N) is 1. The van der Waals surface area contributed by atoms with Crippen LogP contribution in [0.4, 0.5) is 11.4 Å². The van der Waals surface area contributed by atoms with Gasteiger partial charge in [0.1, 0.15) is 18.0 Å². The zero-order chi connectivity index (χ0) is 24.7. The van der Waals surface area contributed by atoms with Gasteiger partial charge in [-0.3, -0.25) is 9.10 Å². The van der Waals surface area contributed by atoms with Crippen molar-refractivity contribution >= 4 is 33.3 Å². The minimum absolute atomic E-state index is 0.00404. The summed E-state index contributed by atoms with van der Waals surface area (Å²) in [6, 6.07) is 18.6. The number of amides is 1. The van der Waals surface area contributed by atoms with Gasteiger partial charge in [-0.05, 0) is 36.4 Å². The zero-order valence-electron chi connectivity index (χ0n) is 18.8. The number of nitrogens with one attached hydrogen (secondary N) is 1. The van der Waals surface area contributed by atoms with Crippen molar-refractivity contribution in [3.8, 4) is 11.5 Å². The molecule has 3 aromatic carbocycles. The van der Waals surface area contributed by atoms with Gasteiger partial charge in [0, 0.05) is 6.07 Å². The highest BCUT2D eigenvalue weighted by molar-refractivity contribution is 7.92. The lowest BCUT2D eigenvalue weighted by Gasteiger charge is -2.26. The van der Waals surface area contributed by atoms with Crippen LogP contribution in [0, 0.1) is 0 Å². The van der Waals surface area contributed by atoms with Crippen molar-refractivity contribution < 1.29 is 32.2 Å². The van der Waals surface area contributed by atoms with Gasteiger partial charge in [-0.1, -0.05) is 30.3 Å². The van der Waals surface area contributed by atoms with Gasteiger partial charge in [0.25, 0.3) is 10.0 Å². The maximum Gasteiger partial charge on any atom is 0.339 e. The van der Waals surface area contributed by atoms with Crippen LogP contribution in [-0.2, 0) is 19.6 Å². The van der Waals surface area contributed by atoms with E-state index in [-0.39, 0.29) is 27.6 Å². The number of hydrogen-bond donors (Lipinski definition) is 1. The largest absolute Gasteiger partial charge is 0.497 e. The van der Waals surface area contributed by atoms with E-state index in [0.717, 1.165) is 4.31 Å². The van der Waals surface area contributed by atoms with Crippen LogP contribution in [0.15, 0.2) is 77.7 Å². The summed E-state index contributed by atoms with van der Waals surface area (Å²) in [5.41, 5.74) is 0.472. The fourth-order valence-corrected chi connectivity index (χ4v) is 4.66. The predicted octanol–water partition coefficient (Wildman–Crippen LogP) is 3.32. The Morgan fingerprint density at radius 1 is 0.882 bits per heavy atom. The van der Waals surface area contributed by atoms with Crippen LogP contribution in [0.2, 0.25) is 0 Å². The summed E-state index contributed by atoms with van der Waals surface area (Å²) in [5, 5.41) is 2.60. The van der Waals surface area contributed by atoms with Crippen molar-refractivity contribution in [1.29, 1.82) is 0 Å². The van der Waals surface area contributed by atoms with Gasteiger partial charge in [-0.2, -0.15) is 0 Å². The molecule has 0 unspecified atom stereocenters. The molecule has 1 amide bonds. The summed E-state index contributed by atoms with van der Waals surface area (Å²) in [6.45, 7) is -0.588. The van der Waals surface area contributed by atoms with E-state index in [9.17, 15) is 18.0 Å². The summed E-state index contributed by atoms with van der Waals surface area (Å²) >= 11 is 0. The number of carbonyl (C=O) groups is 2. The number of hydrogen-bond acceptors (Lipinski definition) is 7. The van der Waals surface area contributed by atoms with E-state index in [2.05, 4.69) is 5.32 Å². The molecule has 0 aromatic heterocycles. The summed E-state index contributed by atoms with van der Waals surface area (Å²) in [4.78, 5) is 25.1. The molecule has 0 atom stereocenters. The van der Waals surface area contributed by atoms with Crippen LogP contribution in [0.1, 0.15) is 10.4 Å². The van der Waals surface area contributed by atoms with Crippen molar-refractivity contribution in [3.05, 3.63) is 78.4 Å². The Morgan fingerprint density at radius 2 is 1.56 bits per heavy atom. The Kier molecular flexibility index (Phi) is 7.75. The van der Waals surface area contributed by atoms with Gasteiger partial charge in [0.15, 0.2) is 0 Å². The van der Waals surface area contributed by atoms with Gasteiger partial charge in [0.05, 0.1) is 43.2 Å². The highest BCUT2D eigenvalue weighted by Crippen LogP contribution is 2.35. The molecule has 178 valence electrons. The van der Waals surface area contributed by atoms with Gasteiger partial charge < -0.3 is 19.5 Å². The normalized spacial score (nSPS) is 10.8. The first-order valence-corrected chi connectivity index (χ1v) is 11.5. The topological polar surface area (TPSA) is 111 Å². The summed E-state index contributed by atoms with van der Waals surface area (Å²) in [5.74, 6) is -0.661. The molecule has 0 fully saturated rings. The maximum atomic E-state index is 13.5. The van der Waals surface area contributed by atoms with Gasteiger partial charge in [-0.15, -0.1) is 0 Å². The number of benzene rings is 3. The van der Waals surface area contributed by atoms with Gasteiger partial charge >= 0.3 is 5.97 Å². The molecule has 0 saturated heterocycles. The quantitative estimate of drug-likeness (QED) is 0.464. The molecule has 10 heteroatoms. The van der Waals surface area contributed by atoms with E-state index < -0.39 is 28.4 Å². The third-order valence-corrected chi connectivity index (χ3v) is 6.65. The van der Waals surface area contributed by atoms with E-state index in [4.69, 9.17) is 14.2 Å². The number of methoxy groups -OCH3 is 3. The van der Waals surface area contributed by atoms with Crippen LogP contribution >= 0.6 is 0 Å². The fraction of sp³-hybridized carbons (Fsp3) is 0.167. The molecule has 0 aliphatic heterocycles. The second kappa shape index (κ2) is 10.7. The SMILES string of the molecule is COC(=O)c1ccccc1NC(=O)CN(c1ccc(OC)cc1OC)S(=O)(=O)c1ccccc1. The molecule has 0 heterocycles. The van der Waals surface area contributed by atoms with Crippen molar-refractivity contribution in [1.82, 2.24) is 0 Å². The highest BCUT2D eigenvalue weighted by Gasteiger charge is 2.30. The standard InChI is InChI=1S/C24H24N2O7S/c1-31-17-13-14-21(22(15-17)32-2)26(34(29,30)18-9-5-4-6-10-18)16-23(27)25-20-12-8-7-11-19(20)24(28)33-3/h4-15H,16H2,1-3H3,(H,25,27). The third-order valence-electron chi connectivity index (χ3n) is 4.88. The van der Waals surface area contributed by atoms with Crippen LogP contribution in [0.5, 0.6) is 11.5 Å². The average Bonchev–Trinajstić information content (AvgIpc) is 2.87. The minimum atomic E-state index is -4.16. The van der Waals surface area contributed by atoms with E-state index in [1.807, 2.05) is 0 Å². The van der Waals surface area contributed by atoms with E-state index in [1.165, 1.54) is 57.7 Å². The third kappa shape index (κ3) is 5.29. The van der Waals surface area contributed by atoms with Crippen molar-refractivity contribution in [3.63, 3.8) is 0 Å². The van der Waals surface area contributed by atoms with Crippen molar-refractivity contribution in [2.75, 3.05) is 37.5 Å². The first-order valence-electron chi connectivity index (χ1n) is 10.1. The predicted molar refractivity (Wildman–Crippen MR) is 127 cm³/mol. The molecule has 0 aliphatic rings. The number of rotatable bonds is 9. The highest BCUT2D eigenvalue weighted by atomic mass is 32.2. The Bertz CT molecular complexity index is 1280. The molecule has 3 rings (SSSR count). The minimum Gasteiger partial charge on any atom is -0.497 e. The molecule has 0 radical (unpaired) electrons. The van der Waals surface area contributed by atoms with Crippen LogP contribution < -0.4 is 19.1 Å². The number of sulfonamides is 1. The van der Waals surface area contributed by atoms with Crippen molar-refractivity contribution in [2.24, 2.45) is 0 Å². The van der Waals surface area contributed by atoms with E-state index in [1.54, 1.807) is 36.4 Å². The second-order valence-corrected chi connectivity index (χ2v) is 8.81. The Hall–Kier alpha value is -4.05. The Morgan fingerprint density at radius 3 is 2.21 bits per heavy atom. The number of ether oxygens (including phenoxy) is 3. The zero-order valence-corrected chi connectivity index (χ0v) is 19.7. The summed E-state index contributed by atoms with van der Waals surface area (Å²) < 4.78 is 43.4. The fourth-order valence-electron chi connectivity index (χ4n) is 3.21. The van der Waals surface area contributed by atoms with Crippen LogP contribution in [0.3, 0.4) is 0 Å². The van der Waals surface area contributed by atoms with Crippen LogP contribution in [-0.4, -0.2) is 48.2 Å². The Labute approximate surface area is 197 Å². The molecule has 0 aliphatic carbocycles. The number of esters is 1. The molecule has 0 bridgehead atoms. The molecule has 34 heavy (non-hydrogen) atoms. The lowest BCUT2D eigenvalue weighted by molar-refractivity contribution is -0.114. The maximum absolute atomic E-state index is 13.5. The first kappa shape index (κ1) is 24.6. The van der Waals surface area contributed by atoms with Crippen molar-refractivity contribution in [2.45, 2.75) is 4.90 Å². The van der Waals surface area contributed by atoms with E-state index >= 15 is 0 Å². The monoisotopic (exact) mass is 484 g/mol. The smallest absolute Gasteiger partial charge is 0.339 e. The lowest BCUT2D eigenvalue weighted by Crippen LogP contribution is -2.38. The summed E-state index contributed by atoms with van der Waals surface area (Å²) in [6.07, 6.45) is 0. The molecule has 3 aromatic rings. The molecule has 9 nitrogen and oxygen atoms in total.